The molecule has 2 nitrogen and oxygen atoms in total. The van der Waals surface area contributed by atoms with Gasteiger partial charge in [-0.3, -0.25) is 11.3 Å². The summed E-state index contributed by atoms with van der Waals surface area (Å²) in [6.07, 6.45) is 0.527. The molecule has 2 rings (SSSR count). The molecule has 0 aromatic heterocycles. The van der Waals surface area contributed by atoms with E-state index in [-0.39, 0.29) is 11.9 Å². The van der Waals surface area contributed by atoms with Crippen molar-refractivity contribution in [3.8, 4) is 0 Å². The second-order valence-corrected chi connectivity index (χ2v) is 5.96. The fraction of sp³-hybridized carbons (Fsp3) is 0.200. The molecule has 0 radical (unpaired) electrons. The summed E-state index contributed by atoms with van der Waals surface area (Å²) in [5.41, 5.74) is 3.36. The van der Waals surface area contributed by atoms with E-state index in [1.165, 1.54) is 11.0 Å². The molecule has 0 amide bonds. The zero-order valence-electron chi connectivity index (χ0n) is 10.9. The summed E-state index contributed by atoms with van der Waals surface area (Å²) in [7, 11) is 0. The summed E-state index contributed by atoms with van der Waals surface area (Å²) < 4.78 is 13.8. The molecule has 0 aliphatic rings. The minimum Gasteiger partial charge on any atom is -0.271 e. The van der Waals surface area contributed by atoms with E-state index in [2.05, 4.69) is 5.43 Å². The van der Waals surface area contributed by atoms with Crippen LogP contribution in [0.15, 0.2) is 53.4 Å². The standard InChI is InChI=1S/C15H16ClFN2S/c16-12-7-6-11(15(17)9-12)8-13(19-18)10-20-14-4-2-1-3-5-14/h1-7,9,13,19H,8,10,18H2. The van der Waals surface area contributed by atoms with Gasteiger partial charge in [-0.05, 0) is 36.2 Å². The summed E-state index contributed by atoms with van der Waals surface area (Å²) in [6.45, 7) is 0. The summed E-state index contributed by atoms with van der Waals surface area (Å²) in [5.74, 6) is 6.03. The first-order valence-corrected chi connectivity index (χ1v) is 7.63. The van der Waals surface area contributed by atoms with E-state index >= 15 is 0 Å². The number of nitrogens with one attached hydrogen (secondary N) is 1. The average molecular weight is 311 g/mol. The van der Waals surface area contributed by atoms with Crippen molar-refractivity contribution in [3.05, 3.63) is 64.9 Å². The third-order valence-electron chi connectivity index (χ3n) is 2.91. The van der Waals surface area contributed by atoms with Crippen LogP contribution in [0.1, 0.15) is 5.56 Å². The molecule has 0 aliphatic heterocycles. The van der Waals surface area contributed by atoms with Crippen LogP contribution in [0.5, 0.6) is 0 Å². The van der Waals surface area contributed by atoms with Crippen LogP contribution >= 0.6 is 23.4 Å². The van der Waals surface area contributed by atoms with Gasteiger partial charge >= 0.3 is 0 Å². The minimum atomic E-state index is -0.289. The van der Waals surface area contributed by atoms with E-state index in [4.69, 9.17) is 17.4 Å². The molecule has 2 aromatic rings. The molecule has 5 heteroatoms. The van der Waals surface area contributed by atoms with Crippen molar-refractivity contribution in [3.63, 3.8) is 0 Å². The highest BCUT2D eigenvalue weighted by molar-refractivity contribution is 7.99. The molecule has 20 heavy (non-hydrogen) atoms. The minimum absolute atomic E-state index is 0.00381. The molecule has 0 saturated heterocycles. The van der Waals surface area contributed by atoms with Gasteiger partial charge in [-0.25, -0.2) is 4.39 Å². The average Bonchev–Trinajstić information content (AvgIpc) is 2.46. The van der Waals surface area contributed by atoms with Gasteiger partial charge in [0.25, 0.3) is 0 Å². The highest BCUT2D eigenvalue weighted by atomic mass is 35.5. The van der Waals surface area contributed by atoms with Crippen LogP contribution in [0.2, 0.25) is 5.02 Å². The van der Waals surface area contributed by atoms with Gasteiger partial charge in [0.05, 0.1) is 0 Å². The predicted octanol–water partition coefficient (Wildman–Crippen LogP) is 3.65. The van der Waals surface area contributed by atoms with Gasteiger partial charge in [0.2, 0.25) is 0 Å². The maximum Gasteiger partial charge on any atom is 0.127 e. The predicted molar refractivity (Wildman–Crippen MR) is 83.4 cm³/mol. The summed E-state index contributed by atoms with van der Waals surface area (Å²) in [5, 5.41) is 0.405. The Morgan fingerprint density at radius 2 is 1.95 bits per heavy atom. The molecular weight excluding hydrogens is 295 g/mol. The lowest BCUT2D eigenvalue weighted by Crippen LogP contribution is -2.38. The van der Waals surface area contributed by atoms with Crippen molar-refractivity contribution in [1.29, 1.82) is 0 Å². The van der Waals surface area contributed by atoms with Crippen molar-refractivity contribution >= 4 is 23.4 Å². The summed E-state index contributed by atoms with van der Waals surface area (Å²) >= 11 is 7.43. The zero-order chi connectivity index (χ0) is 14.4. The van der Waals surface area contributed by atoms with Crippen LogP contribution in [-0.4, -0.2) is 11.8 Å². The van der Waals surface area contributed by atoms with Gasteiger partial charge < -0.3 is 0 Å². The van der Waals surface area contributed by atoms with Gasteiger partial charge in [0, 0.05) is 21.7 Å². The van der Waals surface area contributed by atoms with Gasteiger partial charge in [-0.15, -0.1) is 11.8 Å². The lowest BCUT2D eigenvalue weighted by molar-refractivity contribution is 0.546. The van der Waals surface area contributed by atoms with Gasteiger partial charge in [-0.1, -0.05) is 35.9 Å². The van der Waals surface area contributed by atoms with Crippen molar-refractivity contribution in [2.75, 3.05) is 5.75 Å². The first-order valence-electron chi connectivity index (χ1n) is 6.27. The Morgan fingerprint density at radius 3 is 2.60 bits per heavy atom. The second-order valence-electron chi connectivity index (χ2n) is 4.43. The van der Waals surface area contributed by atoms with Gasteiger partial charge in [-0.2, -0.15) is 0 Å². The fourth-order valence-electron chi connectivity index (χ4n) is 1.83. The largest absolute Gasteiger partial charge is 0.271 e. The third-order valence-corrected chi connectivity index (χ3v) is 4.32. The van der Waals surface area contributed by atoms with Crippen molar-refractivity contribution in [1.82, 2.24) is 5.43 Å². The molecule has 0 fully saturated rings. The molecule has 0 aliphatic carbocycles. The Labute approximate surface area is 127 Å². The Morgan fingerprint density at radius 1 is 1.20 bits per heavy atom. The maximum atomic E-state index is 13.8. The van der Waals surface area contributed by atoms with Crippen LogP contribution in [0.25, 0.3) is 0 Å². The number of hydrogen-bond acceptors (Lipinski definition) is 3. The molecule has 1 atom stereocenters. The Hall–Kier alpha value is -1.07. The molecule has 1 unspecified atom stereocenters. The topological polar surface area (TPSA) is 38.0 Å². The lowest BCUT2D eigenvalue weighted by Gasteiger charge is -2.16. The molecule has 3 N–H and O–H groups in total. The van der Waals surface area contributed by atoms with E-state index in [1.54, 1.807) is 23.9 Å². The maximum absolute atomic E-state index is 13.8. The van der Waals surface area contributed by atoms with Crippen molar-refractivity contribution in [2.45, 2.75) is 17.4 Å². The van der Waals surface area contributed by atoms with Crippen LogP contribution in [0.4, 0.5) is 4.39 Å². The first-order chi connectivity index (χ1) is 9.69. The van der Waals surface area contributed by atoms with Gasteiger partial charge in [0.1, 0.15) is 5.82 Å². The smallest absolute Gasteiger partial charge is 0.127 e. The fourth-order valence-corrected chi connectivity index (χ4v) is 2.95. The van der Waals surface area contributed by atoms with Crippen molar-refractivity contribution < 1.29 is 4.39 Å². The molecule has 106 valence electrons. The number of nitrogens with two attached hydrogens (primary N) is 1. The number of hydrazine groups is 1. The molecule has 0 saturated carbocycles. The Balaban J connectivity index is 1.95. The van der Waals surface area contributed by atoms with Crippen LogP contribution < -0.4 is 11.3 Å². The Kier molecular flexibility index (Phi) is 5.86. The van der Waals surface area contributed by atoms with Crippen LogP contribution in [0.3, 0.4) is 0 Å². The summed E-state index contributed by atoms with van der Waals surface area (Å²) in [4.78, 5) is 1.17. The zero-order valence-corrected chi connectivity index (χ0v) is 12.4. The van der Waals surface area contributed by atoms with E-state index in [1.807, 2.05) is 30.3 Å². The van der Waals surface area contributed by atoms with Gasteiger partial charge in [0.15, 0.2) is 0 Å². The van der Waals surface area contributed by atoms with E-state index in [0.29, 0.717) is 17.0 Å². The molecule has 0 heterocycles. The first kappa shape index (κ1) is 15.3. The monoisotopic (exact) mass is 310 g/mol. The van der Waals surface area contributed by atoms with Crippen LogP contribution in [0, 0.1) is 5.82 Å². The number of rotatable bonds is 6. The number of hydrogen-bond donors (Lipinski definition) is 2. The number of thioether (sulfide) groups is 1. The van der Waals surface area contributed by atoms with Crippen LogP contribution in [-0.2, 0) is 6.42 Å². The normalized spacial score (nSPS) is 12.3. The number of halogens is 2. The molecule has 0 spiro atoms. The third kappa shape index (κ3) is 4.49. The number of benzene rings is 2. The SMILES string of the molecule is NNC(CSc1ccccc1)Cc1ccc(Cl)cc1F. The Bertz CT molecular complexity index is 551. The molecule has 2 aromatic carbocycles. The highest BCUT2D eigenvalue weighted by Gasteiger charge is 2.12. The van der Waals surface area contributed by atoms with E-state index in [9.17, 15) is 4.39 Å². The molecule has 0 bridgehead atoms. The summed E-state index contributed by atoms with van der Waals surface area (Å²) in [6, 6.07) is 14.8. The van der Waals surface area contributed by atoms with E-state index < -0.39 is 0 Å². The lowest BCUT2D eigenvalue weighted by atomic mass is 10.1. The van der Waals surface area contributed by atoms with Crippen molar-refractivity contribution in [2.24, 2.45) is 5.84 Å². The van der Waals surface area contributed by atoms with E-state index in [0.717, 1.165) is 5.75 Å². The molecular formula is C15H16ClFN2S. The second kappa shape index (κ2) is 7.64. The highest BCUT2D eigenvalue weighted by Crippen LogP contribution is 2.21. The quantitative estimate of drug-likeness (QED) is 0.486.